The molecule has 1 aromatic rings. The Morgan fingerprint density at radius 1 is 1.18 bits per heavy atom. The van der Waals surface area contributed by atoms with E-state index in [4.69, 9.17) is 12.2 Å². The molecule has 0 saturated carbocycles. The molecule has 0 amide bonds. The molecule has 0 aliphatic heterocycles. The Kier molecular flexibility index (Phi) is 4.94. The third kappa shape index (κ3) is 4.73. The fourth-order valence-electron chi connectivity index (χ4n) is 1.38. The summed E-state index contributed by atoms with van der Waals surface area (Å²) >= 11 is 5.29. The second-order valence-electron chi connectivity index (χ2n) is 4.87. The van der Waals surface area contributed by atoms with Crippen LogP contribution in [-0.2, 0) is 6.42 Å². The molecule has 0 bridgehead atoms. The lowest BCUT2D eigenvalue weighted by Gasteiger charge is -2.26. The average molecular weight is 250 g/mol. The summed E-state index contributed by atoms with van der Waals surface area (Å²) in [7, 11) is 0. The van der Waals surface area contributed by atoms with Gasteiger partial charge in [0, 0.05) is 11.2 Å². The Bertz CT molecular complexity index is 368. The van der Waals surface area contributed by atoms with Gasteiger partial charge in [-0.2, -0.15) is 0 Å². The number of nitrogens with one attached hydrogen (secondary N) is 2. The number of thiocarbonyl (C=S) groups is 1. The van der Waals surface area contributed by atoms with Crippen molar-refractivity contribution < 1.29 is 0 Å². The molecule has 0 aromatic heterocycles. The van der Waals surface area contributed by atoms with Crippen LogP contribution in [0.3, 0.4) is 0 Å². The lowest BCUT2D eigenvalue weighted by molar-refractivity contribution is 0.448. The van der Waals surface area contributed by atoms with Crippen LogP contribution < -0.4 is 10.6 Å². The summed E-state index contributed by atoms with van der Waals surface area (Å²) in [6.45, 7) is 8.58. The van der Waals surface area contributed by atoms with Gasteiger partial charge in [-0.1, -0.05) is 26.0 Å². The first-order valence-electron chi connectivity index (χ1n) is 6.15. The van der Waals surface area contributed by atoms with Gasteiger partial charge in [0.05, 0.1) is 0 Å². The highest BCUT2D eigenvalue weighted by Crippen LogP contribution is 2.11. The molecule has 0 spiro atoms. The molecular formula is C14H22N2S. The van der Waals surface area contributed by atoms with Crippen LogP contribution in [0.5, 0.6) is 0 Å². The van der Waals surface area contributed by atoms with E-state index in [1.807, 2.05) is 0 Å². The van der Waals surface area contributed by atoms with Crippen molar-refractivity contribution in [2.45, 2.75) is 46.1 Å². The molecule has 0 unspecified atom stereocenters. The zero-order valence-corrected chi connectivity index (χ0v) is 11.9. The smallest absolute Gasteiger partial charge is 0.171 e. The Morgan fingerprint density at radius 3 is 2.24 bits per heavy atom. The van der Waals surface area contributed by atoms with E-state index in [2.05, 4.69) is 62.6 Å². The van der Waals surface area contributed by atoms with Gasteiger partial charge in [-0.05, 0) is 56.6 Å². The van der Waals surface area contributed by atoms with Crippen molar-refractivity contribution in [1.82, 2.24) is 5.32 Å². The van der Waals surface area contributed by atoms with Crippen molar-refractivity contribution in [3.63, 3.8) is 0 Å². The van der Waals surface area contributed by atoms with Gasteiger partial charge >= 0.3 is 0 Å². The molecule has 0 fully saturated rings. The van der Waals surface area contributed by atoms with Gasteiger partial charge in [-0.15, -0.1) is 0 Å². The van der Waals surface area contributed by atoms with Crippen molar-refractivity contribution in [3.8, 4) is 0 Å². The van der Waals surface area contributed by atoms with E-state index in [1.165, 1.54) is 5.56 Å². The number of rotatable bonds is 4. The van der Waals surface area contributed by atoms with Crippen LogP contribution in [0, 0.1) is 0 Å². The van der Waals surface area contributed by atoms with Crippen molar-refractivity contribution in [2.24, 2.45) is 0 Å². The Labute approximate surface area is 110 Å². The molecule has 0 saturated heterocycles. The van der Waals surface area contributed by atoms with Gasteiger partial charge in [0.1, 0.15) is 0 Å². The quantitative estimate of drug-likeness (QED) is 0.796. The van der Waals surface area contributed by atoms with Crippen molar-refractivity contribution in [2.75, 3.05) is 5.32 Å². The maximum Gasteiger partial charge on any atom is 0.171 e. The first-order valence-corrected chi connectivity index (χ1v) is 6.56. The maximum absolute atomic E-state index is 5.29. The molecule has 3 heteroatoms. The molecule has 0 aliphatic carbocycles. The predicted octanol–water partition coefficient (Wildman–Crippen LogP) is 3.72. The van der Waals surface area contributed by atoms with Crippen LogP contribution in [0.25, 0.3) is 0 Å². The van der Waals surface area contributed by atoms with Gasteiger partial charge < -0.3 is 10.6 Å². The van der Waals surface area contributed by atoms with E-state index < -0.39 is 0 Å². The van der Waals surface area contributed by atoms with Crippen LogP contribution in [0.1, 0.15) is 39.7 Å². The zero-order chi connectivity index (χ0) is 12.9. The number of hydrogen-bond acceptors (Lipinski definition) is 1. The molecule has 0 atom stereocenters. The number of aryl methyl sites for hydroxylation is 1. The van der Waals surface area contributed by atoms with E-state index in [-0.39, 0.29) is 5.54 Å². The van der Waals surface area contributed by atoms with Crippen molar-refractivity contribution in [1.29, 1.82) is 0 Å². The minimum Gasteiger partial charge on any atom is -0.358 e. The SMILES string of the molecule is CCc1ccc(NC(=S)NC(C)(C)CC)cc1. The lowest BCUT2D eigenvalue weighted by atomic mass is 10.0. The van der Waals surface area contributed by atoms with Gasteiger partial charge in [0.25, 0.3) is 0 Å². The molecular weight excluding hydrogens is 228 g/mol. The first kappa shape index (κ1) is 14.0. The fourth-order valence-corrected chi connectivity index (χ4v) is 1.78. The summed E-state index contributed by atoms with van der Waals surface area (Å²) in [6, 6.07) is 8.36. The van der Waals surface area contributed by atoms with E-state index in [1.54, 1.807) is 0 Å². The Hall–Kier alpha value is -1.09. The second kappa shape index (κ2) is 6.01. The van der Waals surface area contributed by atoms with Gasteiger partial charge in [-0.25, -0.2) is 0 Å². The first-order chi connectivity index (χ1) is 7.96. The van der Waals surface area contributed by atoms with Crippen molar-refractivity contribution >= 4 is 23.0 Å². The molecule has 17 heavy (non-hydrogen) atoms. The fraction of sp³-hybridized carbons (Fsp3) is 0.500. The standard InChI is InChI=1S/C14H22N2S/c1-5-11-7-9-12(10-8-11)15-13(17)16-14(3,4)6-2/h7-10H,5-6H2,1-4H3,(H2,15,16,17). The Morgan fingerprint density at radius 2 is 1.76 bits per heavy atom. The maximum atomic E-state index is 5.29. The highest BCUT2D eigenvalue weighted by atomic mass is 32.1. The summed E-state index contributed by atoms with van der Waals surface area (Å²) in [5, 5.41) is 7.19. The highest BCUT2D eigenvalue weighted by Gasteiger charge is 2.15. The third-order valence-corrected chi connectivity index (χ3v) is 3.16. The predicted molar refractivity (Wildman–Crippen MR) is 79.5 cm³/mol. The van der Waals surface area contributed by atoms with Gasteiger partial charge in [0.15, 0.2) is 5.11 Å². The molecule has 0 radical (unpaired) electrons. The highest BCUT2D eigenvalue weighted by molar-refractivity contribution is 7.80. The average Bonchev–Trinajstić information content (AvgIpc) is 2.29. The number of anilines is 1. The monoisotopic (exact) mass is 250 g/mol. The van der Waals surface area contributed by atoms with Crippen LogP contribution >= 0.6 is 12.2 Å². The molecule has 0 heterocycles. The normalized spacial score (nSPS) is 11.1. The molecule has 2 N–H and O–H groups in total. The van der Waals surface area contributed by atoms with E-state index in [0.717, 1.165) is 18.5 Å². The van der Waals surface area contributed by atoms with Crippen LogP contribution in [-0.4, -0.2) is 10.7 Å². The summed E-state index contributed by atoms with van der Waals surface area (Å²) in [4.78, 5) is 0. The third-order valence-electron chi connectivity index (χ3n) is 2.96. The Balaban J connectivity index is 2.56. The molecule has 1 rings (SSSR count). The van der Waals surface area contributed by atoms with Crippen LogP contribution in [0.15, 0.2) is 24.3 Å². The minimum absolute atomic E-state index is 0.0352. The van der Waals surface area contributed by atoms with E-state index >= 15 is 0 Å². The zero-order valence-electron chi connectivity index (χ0n) is 11.1. The second-order valence-corrected chi connectivity index (χ2v) is 5.28. The number of benzene rings is 1. The van der Waals surface area contributed by atoms with E-state index in [9.17, 15) is 0 Å². The largest absolute Gasteiger partial charge is 0.358 e. The van der Waals surface area contributed by atoms with Gasteiger partial charge in [-0.3, -0.25) is 0 Å². The lowest BCUT2D eigenvalue weighted by Crippen LogP contribution is -2.44. The molecule has 1 aromatic carbocycles. The molecule has 2 nitrogen and oxygen atoms in total. The van der Waals surface area contributed by atoms with E-state index in [0.29, 0.717) is 5.11 Å². The van der Waals surface area contributed by atoms with Crippen molar-refractivity contribution in [3.05, 3.63) is 29.8 Å². The summed E-state index contributed by atoms with van der Waals surface area (Å²) in [6.07, 6.45) is 2.09. The van der Waals surface area contributed by atoms with Crippen LogP contribution in [0.2, 0.25) is 0 Å². The summed E-state index contributed by atoms with van der Waals surface area (Å²) in [5.41, 5.74) is 2.41. The minimum atomic E-state index is 0.0352. The summed E-state index contributed by atoms with van der Waals surface area (Å²) in [5.74, 6) is 0. The van der Waals surface area contributed by atoms with Gasteiger partial charge in [0.2, 0.25) is 0 Å². The number of hydrogen-bond donors (Lipinski definition) is 2. The summed E-state index contributed by atoms with van der Waals surface area (Å²) < 4.78 is 0. The molecule has 0 aliphatic rings. The molecule has 94 valence electrons. The topological polar surface area (TPSA) is 24.1 Å². The van der Waals surface area contributed by atoms with Crippen LogP contribution in [0.4, 0.5) is 5.69 Å².